The molecule has 0 heterocycles. The second-order valence-electron chi connectivity index (χ2n) is 12.0. The molecular formula is C33H45N6O12P. The molecule has 2 aromatic rings. The van der Waals surface area contributed by atoms with Crippen molar-refractivity contribution in [1.29, 1.82) is 0 Å². The molecule has 0 aliphatic rings. The topological polar surface area (TPSA) is 293 Å². The first-order chi connectivity index (χ1) is 24.4. The Bertz CT molecular complexity index is 1620. The van der Waals surface area contributed by atoms with E-state index >= 15 is 0 Å². The van der Waals surface area contributed by atoms with Crippen molar-refractivity contribution in [2.45, 2.75) is 77.0 Å². The van der Waals surface area contributed by atoms with E-state index in [9.17, 15) is 43.2 Å². The fraction of sp³-hybridized carbons (Fsp3) is 0.424. The van der Waals surface area contributed by atoms with Crippen LogP contribution in [0.2, 0.25) is 0 Å². The van der Waals surface area contributed by atoms with Crippen molar-refractivity contribution in [1.82, 2.24) is 26.6 Å². The van der Waals surface area contributed by atoms with Crippen LogP contribution in [-0.2, 0) is 51.0 Å². The molecule has 0 fully saturated rings. The maximum Gasteiger partial charge on any atom is 0.524 e. The number of aliphatic carboxylic acids is 1. The van der Waals surface area contributed by atoms with Crippen LogP contribution in [0.1, 0.15) is 51.2 Å². The number of benzene rings is 2. The molecule has 19 heteroatoms. The molecule has 2 rings (SSSR count). The normalized spacial score (nSPS) is 13.9. The molecule has 5 atom stereocenters. The van der Waals surface area contributed by atoms with Crippen molar-refractivity contribution < 1.29 is 57.5 Å². The molecule has 52 heavy (non-hydrogen) atoms. The van der Waals surface area contributed by atoms with Crippen molar-refractivity contribution in [2.24, 2.45) is 11.7 Å². The lowest BCUT2D eigenvalue weighted by molar-refractivity contribution is -0.138. The van der Waals surface area contributed by atoms with E-state index in [1.165, 1.54) is 31.2 Å². The van der Waals surface area contributed by atoms with E-state index in [4.69, 9.17) is 15.5 Å². The van der Waals surface area contributed by atoms with Gasteiger partial charge in [0.15, 0.2) is 0 Å². The minimum absolute atomic E-state index is 0.0317. The van der Waals surface area contributed by atoms with Gasteiger partial charge in [-0.1, -0.05) is 62.7 Å². The molecule has 6 amide bonds. The number of nitrogens with one attached hydrogen (secondary N) is 5. The van der Waals surface area contributed by atoms with E-state index in [1.54, 1.807) is 44.2 Å². The van der Waals surface area contributed by atoms with Crippen LogP contribution < -0.4 is 36.8 Å². The van der Waals surface area contributed by atoms with Gasteiger partial charge in [-0.3, -0.25) is 43.3 Å². The molecule has 0 saturated carbocycles. The first kappa shape index (κ1) is 42.8. The average Bonchev–Trinajstić information content (AvgIpc) is 3.07. The highest BCUT2D eigenvalue weighted by Gasteiger charge is 2.31. The number of phosphoric ester groups is 1. The molecule has 0 unspecified atom stereocenters. The molecule has 18 nitrogen and oxygen atoms in total. The molecule has 0 bridgehead atoms. The Morgan fingerprint density at radius 2 is 1.37 bits per heavy atom. The maximum absolute atomic E-state index is 13.4. The van der Waals surface area contributed by atoms with Crippen LogP contribution >= 0.6 is 7.82 Å². The minimum atomic E-state index is -4.84. The van der Waals surface area contributed by atoms with Crippen molar-refractivity contribution in [3.05, 3.63) is 65.7 Å². The number of phosphoric acid groups is 1. The van der Waals surface area contributed by atoms with Crippen LogP contribution in [0.25, 0.3) is 0 Å². The molecule has 2 aromatic carbocycles. The molecule has 0 aliphatic heterocycles. The van der Waals surface area contributed by atoms with Crippen molar-refractivity contribution in [3.8, 4) is 5.75 Å². The first-order valence-corrected chi connectivity index (χ1v) is 17.8. The quantitative estimate of drug-likeness (QED) is 0.0725. The van der Waals surface area contributed by atoms with Crippen LogP contribution in [0, 0.1) is 5.92 Å². The number of hydrogen-bond acceptors (Lipinski definition) is 9. The van der Waals surface area contributed by atoms with Gasteiger partial charge in [-0.25, -0.2) is 4.57 Å². The zero-order valence-corrected chi connectivity index (χ0v) is 29.8. The number of primary amides is 1. The number of hydrogen-bond donors (Lipinski definition) is 9. The predicted octanol–water partition coefficient (Wildman–Crippen LogP) is -0.585. The highest BCUT2D eigenvalue weighted by atomic mass is 31.2. The Morgan fingerprint density at radius 3 is 1.90 bits per heavy atom. The number of carbonyl (C=O) groups is 7. The molecule has 284 valence electrons. The van der Waals surface area contributed by atoms with Gasteiger partial charge in [0.1, 0.15) is 29.9 Å². The molecule has 10 N–H and O–H groups in total. The van der Waals surface area contributed by atoms with Gasteiger partial charge < -0.3 is 41.9 Å². The van der Waals surface area contributed by atoms with E-state index in [2.05, 4.69) is 31.1 Å². The Labute approximate surface area is 299 Å². The highest BCUT2D eigenvalue weighted by molar-refractivity contribution is 7.46. The average molecular weight is 749 g/mol. The van der Waals surface area contributed by atoms with E-state index in [1.807, 2.05) is 0 Å². The minimum Gasteiger partial charge on any atom is -0.481 e. The van der Waals surface area contributed by atoms with E-state index in [0.717, 1.165) is 0 Å². The summed E-state index contributed by atoms with van der Waals surface area (Å²) in [5.41, 5.74) is 6.57. The number of carboxylic acid groups (broad SMARTS) is 1. The summed E-state index contributed by atoms with van der Waals surface area (Å²) in [5, 5.41) is 21.5. The first-order valence-electron chi connectivity index (χ1n) is 16.2. The van der Waals surface area contributed by atoms with Crippen LogP contribution in [0.3, 0.4) is 0 Å². The monoisotopic (exact) mass is 748 g/mol. The van der Waals surface area contributed by atoms with E-state index in [-0.39, 0.29) is 30.9 Å². The second kappa shape index (κ2) is 20.5. The Kier molecular flexibility index (Phi) is 16.9. The van der Waals surface area contributed by atoms with Gasteiger partial charge in [0, 0.05) is 26.2 Å². The summed E-state index contributed by atoms with van der Waals surface area (Å²) in [6.07, 6.45) is -0.535. The van der Waals surface area contributed by atoms with Crippen LogP contribution in [0.15, 0.2) is 54.6 Å². The number of nitrogens with two attached hydrogens (primary N) is 1. The van der Waals surface area contributed by atoms with Gasteiger partial charge in [0.25, 0.3) is 0 Å². The lowest BCUT2D eigenvalue weighted by atomic mass is 9.97. The van der Waals surface area contributed by atoms with Gasteiger partial charge >= 0.3 is 13.8 Å². The molecule has 0 aromatic heterocycles. The zero-order chi connectivity index (χ0) is 39.0. The summed E-state index contributed by atoms with van der Waals surface area (Å²) < 4.78 is 15.7. The third-order valence-electron chi connectivity index (χ3n) is 7.74. The Morgan fingerprint density at radius 1 is 0.788 bits per heavy atom. The molecular weight excluding hydrogens is 703 g/mol. The van der Waals surface area contributed by atoms with Crippen molar-refractivity contribution in [2.75, 3.05) is 6.54 Å². The highest BCUT2D eigenvalue weighted by Crippen LogP contribution is 2.37. The summed E-state index contributed by atoms with van der Waals surface area (Å²) in [7, 11) is -4.84. The summed E-state index contributed by atoms with van der Waals surface area (Å²) in [5.74, 6) is -6.44. The van der Waals surface area contributed by atoms with Gasteiger partial charge in [0.2, 0.25) is 35.4 Å². The number of carboxylic acids is 1. The number of rotatable bonds is 21. The summed E-state index contributed by atoms with van der Waals surface area (Å²) >= 11 is 0. The SMILES string of the molecule is CC[C@H](C)[C@H](NC(C)=O)C(=O)N[C@@H](Cc1ccc(OP(=O)(O)O)cc1)C(=O)NCC(=O)N[C@@H](CCC(=O)O)C(=O)N[C@@H](Cc1ccccc1)C(N)=O. The number of amides is 6. The summed E-state index contributed by atoms with van der Waals surface area (Å²) in [4.78, 5) is 106. The van der Waals surface area contributed by atoms with Gasteiger partial charge in [-0.15, -0.1) is 0 Å². The molecule has 0 aliphatic carbocycles. The largest absolute Gasteiger partial charge is 0.524 e. The summed E-state index contributed by atoms with van der Waals surface area (Å²) in [6.45, 7) is 4.04. The second-order valence-corrected chi connectivity index (χ2v) is 13.1. The van der Waals surface area contributed by atoms with Gasteiger partial charge in [0.05, 0.1) is 6.54 Å². The van der Waals surface area contributed by atoms with Crippen molar-refractivity contribution in [3.63, 3.8) is 0 Å². The fourth-order valence-electron chi connectivity index (χ4n) is 4.87. The third kappa shape index (κ3) is 15.7. The zero-order valence-electron chi connectivity index (χ0n) is 28.9. The van der Waals surface area contributed by atoms with Gasteiger partial charge in [-0.2, -0.15) is 0 Å². The fourth-order valence-corrected chi connectivity index (χ4v) is 5.26. The third-order valence-corrected chi connectivity index (χ3v) is 8.19. The molecule has 0 spiro atoms. The smallest absolute Gasteiger partial charge is 0.481 e. The van der Waals surface area contributed by atoms with Crippen LogP contribution in [0.5, 0.6) is 5.75 Å². The van der Waals surface area contributed by atoms with Gasteiger partial charge in [-0.05, 0) is 35.6 Å². The lowest BCUT2D eigenvalue weighted by Crippen LogP contribution is -2.57. The van der Waals surface area contributed by atoms with E-state index < -0.39 is 86.4 Å². The van der Waals surface area contributed by atoms with Crippen molar-refractivity contribution >= 4 is 49.2 Å². The Balaban J connectivity index is 2.22. The van der Waals surface area contributed by atoms with Crippen LogP contribution in [0.4, 0.5) is 0 Å². The molecule has 0 saturated heterocycles. The Hall–Kier alpha value is -5.32. The standard InChI is InChI=1S/C33H45N6O12P/c1-4-19(2)29(36-20(3)40)33(47)39-26(17-22-10-12-23(13-11-22)51-52(48,49)50)31(45)35-18-27(41)37-24(14-15-28(42)43)32(46)38-25(30(34)44)16-21-8-6-5-7-9-21/h5-13,19,24-26,29H,4,14-18H2,1-3H3,(H2,34,44)(H,35,45)(H,36,40)(H,37,41)(H,38,46)(H,39,47)(H,42,43)(H2,48,49,50)/t19-,24-,25-,26-,29-/m0/s1. The maximum atomic E-state index is 13.4. The molecule has 0 radical (unpaired) electrons. The summed E-state index contributed by atoms with van der Waals surface area (Å²) in [6, 6.07) is 8.93. The number of carbonyl (C=O) groups excluding carboxylic acids is 6. The van der Waals surface area contributed by atoms with Crippen LogP contribution in [-0.4, -0.2) is 87.0 Å². The predicted molar refractivity (Wildman–Crippen MR) is 185 cm³/mol. The van der Waals surface area contributed by atoms with E-state index in [0.29, 0.717) is 17.5 Å². The lowest BCUT2D eigenvalue weighted by Gasteiger charge is -2.26.